The standard InChI is InChI=1S/C12H6ClF9O/c1-5-3-2-4-6(7(5)13)8(23)9(14,15)10(16,17)11(18,19)12(20,21)22/h2-4H,1H3. The van der Waals surface area contributed by atoms with Crippen LogP contribution in [0.15, 0.2) is 18.2 Å². The Labute approximate surface area is 128 Å². The Kier molecular flexibility index (Phi) is 4.75. The zero-order valence-electron chi connectivity index (χ0n) is 10.9. The first kappa shape index (κ1) is 19.6. The lowest BCUT2D eigenvalue weighted by Gasteiger charge is -2.32. The number of carbonyl (C=O) groups excluding carboxylic acids is 1. The van der Waals surface area contributed by atoms with Crippen LogP contribution in [0.1, 0.15) is 15.9 Å². The maximum absolute atomic E-state index is 13.5. The van der Waals surface area contributed by atoms with Crippen LogP contribution in [0.2, 0.25) is 5.02 Å². The molecule has 0 atom stereocenters. The van der Waals surface area contributed by atoms with Gasteiger partial charge < -0.3 is 0 Å². The second-order valence-corrected chi connectivity index (χ2v) is 4.86. The zero-order valence-corrected chi connectivity index (χ0v) is 11.7. The highest BCUT2D eigenvalue weighted by molar-refractivity contribution is 6.35. The first-order valence-electron chi connectivity index (χ1n) is 5.59. The summed E-state index contributed by atoms with van der Waals surface area (Å²) in [4.78, 5) is 11.4. The number of halogens is 10. The van der Waals surface area contributed by atoms with Crippen LogP contribution < -0.4 is 0 Å². The predicted octanol–water partition coefficient (Wildman–Crippen LogP) is 5.30. The summed E-state index contributed by atoms with van der Waals surface area (Å²) in [5.74, 6) is -23.4. The average molecular weight is 373 g/mol. The third kappa shape index (κ3) is 2.88. The first-order chi connectivity index (χ1) is 10.1. The number of alkyl halides is 9. The van der Waals surface area contributed by atoms with Gasteiger partial charge in [-0.2, -0.15) is 39.5 Å². The molecule has 1 rings (SSSR count). The van der Waals surface area contributed by atoms with Crippen LogP contribution >= 0.6 is 11.6 Å². The molecule has 0 amide bonds. The van der Waals surface area contributed by atoms with Gasteiger partial charge in [-0.05, 0) is 18.6 Å². The van der Waals surface area contributed by atoms with Gasteiger partial charge in [-0.15, -0.1) is 0 Å². The summed E-state index contributed by atoms with van der Waals surface area (Å²) in [6.45, 7) is 1.18. The summed E-state index contributed by atoms with van der Waals surface area (Å²) in [5.41, 5.74) is -1.34. The number of hydrogen-bond donors (Lipinski definition) is 0. The van der Waals surface area contributed by atoms with Crippen molar-refractivity contribution in [2.45, 2.75) is 30.9 Å². The molecule has 0 saturated heterocycles. The van der Waals surface area contributed by atoms with E-state index < -0.39 is 40.3 Å². The molecule has 0 aromatic heterocycles. The summed E-state index contributed by atoms with van der Waals surface area (Å²) >= 11 is 5.44. The van der Waals surface area contributed by atoms with Crippen molar-refractivity contribution in [1.82, 2.24) is 0 Å². The van der Waals surface area contributed by atoms with E-state index in [-0.39, 0.29) is 5.56 Å². The highest BCUT2D eigenvalue weighted by atomic mass is 35.5. The Morgan fingerprint density at radius 1 is 0.913 bits per heavy atom. The first-order valence-corrected chi connectivity index (χ1v) is 5.97. The van der Waals surface area contributed by atoms with Gasteiger partial charge in [-0.3, -0.25) is 4.79 Å². The molecule has 1 aromatic rings. The lowest BCUT2D eigenvalue weighted by Crippen LogP contribution is -2.63. The van der Waals surface area contributed by atoms with E-state index in [1.807, 2.05) is 0 Å². The molecule has 0 heterocycles. The van der Waals surface area contributed by atoms with E-state index in [0.29, 0.717) is 6.07 Å². The highest BCUT2D eigenvalue weighted by Crippen LogP contribution is 2.54. The molecule has 0 aliphatic rings. The normalized spacial score (nSPS) is 14.0. The molecule has 0 spiro atoms. The zero-order chi connectivity index (χ0) is 18.4. The minimum atomic E-state index is -7.13. The smallest absolute Gasteiger partial charge is 0.287 e. The van der Waals surface area contributed by atoms with E-state index in [9.17, 15) is 44.3 Å². The largest absolute Gasteiger partial charge is 0.460 e. The van der Waals surface area contributed by atoms with Gasteiger partial charge in [0.25, 0.3) is 0 Å². The number of ketones is 1. The molecule has 0 radical (unpaired) electrons. The van der Waals surface area contributed by atoms with E-state index in [0.717, 1.165) is 6.07 Å². The molecule has 11 heteroatoms. The Morgan fingerprint density at radius 3 is 1.83 bits per heavy atom. The topological polar surface area (TPSA) is 17.1 Å². The van der Waals surface area contributed by atoms with Crippen molar-refractivity contribution in [2.24, 2.45) is 0 Å². The van der Waals surface area contributed by atoms with Crippen molar-refractivity contribution in [3.63, 3.8) is 0 Å². The number of Topliss-reactive ketones (excluding diaryl/α,β-unsaturated/α-hetero) is 1. The molecule has 1 nitrogen and oxygen atoms in total. The van der Waals surface area contributed by atoms with Crippen LogP contribution in [0.4, 0.5) is 39.5 Å². The molecule has 0 saturated carbocycles. The van der Waals surface area contributed by atoms with E-state index in [1.165, 1.54) is 13.0 Å². The number of hydrogen-bond acceptors (Lipinski definition) is 1. The van der Waals surface area contributed by atoms with E-state index in [4.69, 9.17) is 11.6 Å². The van der Waals surface area contributed by atoms with Crippen LogP contribution in [-0.2, 0) is 0 Å². The minimum absolute atomic E-state index is 0.0424. The highest BCUT2D eigenvalue weighted by Gasteiger charge is 2.83. The molecule has 130 valence electrons. The molecule has 0 unspecified atom stereocenters. The maximum Gasteiger partial charge on any atom is 0.460 e. The maximum atomic E-state index is 13.5. The van der Waals surface area contributed by atoms with Crippen molar-refractivity contribution in [3.8, 4) is 0 Å². The Hall–Kier alpha value is -1.45. The van der Waals surface area contributed by atoms with Gasteiger partial charge in [0.05, 0.1) is 5.02 Å². The second kappa shape index (κ2) is 5.57. The monoisotopic (exact) mass is 372 g/mol. The van der Waals surface area contributed by atoms with Gasteiger partial charge in [0, 0.05) is 5.56 Å². The summed E-state index contributed by atoms with van der Waals surface area (Å²) in [5, 5.41) is -0.761. The molecule has 0 aliphatic carbocycles. The Balaban J connectivity index is 3.45. The molecular weight excluding hydrogens is 367 g/mol. The van der Waals surface area contributed by atoms with Crippen LogP contribution in [0, 0.1) is 6.92 Å². The lowest BCUT2D eigenvalue weighted by molar-refractivity contribution is -0.386. The number of rotatable bonds is 4. The van der Waals surface area contributed by atoms with Gasteiger partial charge in [-0.1, -0.05) is 23.7 Å². The second-order valence-electron chi connectivity index (χ2n) is 4.49. The van der Waals surface area contributed by atoms with E-state index in [2.05, 4.69) is 0 Å². The minimum Gasteiger partial charge on any atom is -0.287 e. The summed E-state index contributed by atoms with van der Waals surface area (Å²) in [6.07, 6.45) is -6.99. The van der Waals surface area contributed by atoms with Gasteiger partial charge in [0.1, 0.15) is 0 Å². The fraction of sp³-hybridized carbons (Fsp3) is 0.417. The van der Waals surface area contributed by atoms with Gasteiger partial charge in [0.15, 0.2) is 0 Å². The summed E-state index contributed by atoms with van der Waals surface area (Å²) < 4.78 is 115. The van der Waals surface area contributed by atoms with E-state index >= 15 is 0 Å². The molecular formula is C12H6ClF9O. The molecule has 0 aliphatic heterocycles. The van der Waals surface area contributed by atoms with E-state index in [1.54, 1.807) is 0 Å². The van der Waals surface area contributed by atoms with Crippen molar-refractivity contribution in [1.29, 1.82) is 0 Å². The van der Waals surface area contributed by atoms with Crippen LogP contribution in [0.25, 0.3) is 0 Å². The van der Waals surface area contributed by atoms with Crippen LogP contribution in [-0.4, -0.2) is 29.7 Å². The lowest BCUT2D eigenvalue weighted by atomic mass is 9.95. The van der Waals surface area contributed by atoms with Crippen LogP contribution in [0.3, 0.4) is 0 Å². The van der Waals surface area contributed by atoms with Crippen molar-refractivity contribution < 1.29 is 44.3 Å². The van der Waals surface area contributed by atoms with Gasteiger partial charge >= 0.3 is 23.9 Å². The molecule has 0 N–H and O–H groups in total. The SMILES string of the molecule is Cc1cccc(C(=O)C(F)(F)C(F)(F)C(F)(F)C(F)(F)F)c1Cl. The van der Waals surface area contributed by atoms with Crippen molar-refractivity contribution >= 4 is 17.4 Å². The molecule has 1 aromatic carbocycles. The summed E-state index contributed by atoms with van der Waals surface area (Å²) in [6, 6.07) is 2.61. The number of benzene rings is 1. The molecule has 0 bridgehead atoms. The predicted molar refractivity (Wildman–Crippen MR) is 61.4 cm³/mol. The fourth-order valence-electron chi connectivity index (χ4n) is 1.51. The van der Waals surface area contributed by atoms with Gasteiger partial charge in [-0.25, -0.2) is 0 Å². The Morgan fingerprint density at radius 2 is 1.39 bits per heavy atom. The average Bonchev–Trinajstić information content (AvgIpc) is 2.39. The molecule has 0 fully saturated rings. The van der Waals surface area contributed by atoms with Crippen LogP contribution in [0.5, 0.6) is 0 Å². The number of carbonyl (C=O) groups is 1. The van der Waals surface area contributed by atoms with Gasteiger partial charge in [0.2, 0.25) is 5.78 Å². The third-order valence-electron chi connectivity index (χ3n) is 2.87. The summed E-state index contributed by atoms with van der Waals surface area (Å²) in [7, 11) is 0. The quantitative estimate of drug-likeness (QED) is 0.518. The van der Waals surface area contributed by atoms with Crippen molar-refractivity contribution in [3.05, 3.63) is 34.3 Å². The molecule has 23 heavy (non-hydrogen) atoms. The number of aryl methyl sites for hydroxylation is 1. The van der Waals surface area contributed by atoms with Crippen molar-refractivity contribution in [2.75, 3.05) is 0 Å². The third-order valence-corrected chi connectivity index (χ3v) is 3.37. The fourth-order valence-corrected chi connectivity index (χ4v) is 1.72. The Bertz CT molecular complexity index is 621.